The van der Waals surface area contributed by atoms with Gasteiger partial charge in [-0.2, -0.15) is 5.10 Å². The van der Waals surface area contributed by atoms with Gasteiger partial charge in [-0.3, -0.25) is 4.79 Å². The fourth-order valence-corrected chi connectivity index (χ4v) is 3.64. The number of ether oxygens (including phenoxy) is 1. The Morgan fingerprint density at radius 2 is 2.07 bits per heavy atom. The first-order valence-electron chi connectivity index (χ1n) is 9.01. The Kier molecular flexibility index (Phi) is 7.01. The lowest BCUT2D eigenvalue weighted by Gasteiger charge is -2.10. The highest BCUT2D eigenvalue weighted by molar-refractivity contribution is 7.10. The lowest BCUT2D eigenvalue weighted by Crippen LogP contribution is -2.16. The third-order valence-corrected chi connectivity index (χ3v) is 5.72. The maximum Gasteiger partial charge on any atom is 0.272 e. The van der Waals surface area contributed by atoms with E-state index in [0.29, 0.717) is 33.4 Å². The van der Waals surface area contributed by atoms with Crippen LogP contribution in [0.15, 0.2) is 59.0 Å². The molecule has 0 atom stereocenters. The number of carbonyl (C=O) groups is 1. The number of amides is 1. The van der Waals surface area contributed by atoms with Crippen LogP contribution in [0.5, 0.6) is 5.75 Å². The molecule has 150 valence electrons. The van der Waals surface area contributed by atoms with E-state index in [1.54, 1.807) is 23.5 Å². The first-order valence-corrected chi connectivity index (χ1v) is 10.3. The molecule has 0 aliphatic rings. The lowest BCUT2D eigenvalue weighted by molar-refractivity contribution is 0.0955. The molecular formula is C22H20ClFN2O2S. The fraction of sp³-hybridized carbons (Fsp3) is 0.182. The zero-order valence-corrected chi connectivity index (χ0v) is 17.6. The second-order valence-corrected chi connectivity index (χ2v) is 8.00. The van der Waals surface area contributed by atoms with Gasteiger partial charge in [0.2, 0.25) is 0 Å². The SMILES string of the molecule is CC(C)c1cc(C(=O)NN=Cc2ccccc2OCc2ccc(F)cc2Cl)cs1. The van der Waals surface area contributed by atoms with Crippen molar-refractivity contribution in [2.24, 2.45) is 5.10 Å². The van der Waals surface area contributed by atoms with E-state index in [4.69, 9.17) is 16.3 Å². The van der Waals surface area contributed by atoms with Crippen LogP contribution in [0.2, 0.25) is 5.02 Å². The quantitative estimate of drug-likeness (QED) is 0.368. The average molecular weight is 431 g/mol. The Balaban J connectivity index is 1.64. The smallest absolute Gasteiger partial charge is 0.272 e. The van der Waals surface area contributed by atoms with Gasteiger partial charge in [-0.1, -0.05) is 43.6 Å². The number of rotatable bonds is 7. The largest absolute Gasteiger partial charge is 0.488 e. The van der Waals surface area contributed by atoms with Gasteiger partial charge in [0, 0.05) is 21.4 Å². The highest BCUT2D eigenvalue weighted by Crippen LogP contribution is 2.23. The second kappa shape index (κ2) is 9.67. The molecule has 0 aliphatic carbocycles. The summed E-state index contributed by atoms with van der Waals surface area (Å²) in [5, 5.41) is 6.17. The number of nitrogens with one attached hydrogen (secondary N) is 1. The van der Waals surface area contributed by atoms with E-state index in [-0.39, 0.29) is 12.5 Å². The number of hydrazone groups is 1. The van der Waals surface area contributed by atoms with Crippen molar-refractivity contribution in [2.75, 3.05) is 0 Å². The first-order chi connectivity index (χ1) is 13.9. The molecule has 29 heavy (non-hydrogen) atoms. The average Bonchev–Trinajstić information content (AvgIpc) is 3.19. The molecule has 1 heterocycles. The van der Waals surface area contributed by atoms with Gasteiger partial charge in [0.15, 0.2) is 0 Å². The Morgan fingerprint density at radius 1 is 1.28 bits per heavy atom. The van der Waals surface area contributed by atoms with Crippen molar-refractivity contribution in [1.29, 1.82) is 0 Å². The zero-order valence-electron chi connectivity index (χ0n) is 16.0. The molecule has 7 heteroatoms. The number of benzene rings is 2. The van der Waals surface area contributed by atoms with Crippen LogP contribution in [0, 0.1) is 5.82 Å². The topological polar surface area (TPSA) is 50.7 Å². The van der Waals surface area contributed by atoms with Crippen LogP contribution >= 0.6 is 22.9 Å². The van der Waals surface area contributed by atoms with Crippen molar-refractivity contribution < 1.29 is 13.9 Å². The monoisotopic (exact) mass is 430 g/mol. The van der Waals surface area contributed by atoms with Crippen LogP contribution in [-0.2, 0) is 6.61 Å². The number of hydrogen-bond acceptors (Lipinski definition) is 4. The molecule has 0 spiro atoms. The zero-order chi connectivity index (χ0) is 20.8. The van der Waals surface area contributed by atoms with Crippen LogP contribution in [-0.4, -0.2) is 12.1 Å². The van der Waals surface area contributed by atoms with E-state index < -0.39 is 5.82 Å². The highest BCUT2D eigenvalue weighted by Gasteiger charge is 2.10. The molecule has 0 aliphatic heterocycles. The van der Waals surface area contributed by atoms with E-state index in [0.717, 1.165) is 4.88 Å². The third kappa shape index (κ3) is 5.65. The summed E-state index contributed by atoms with van der Waals surface area (Å²) in [6, 6.07) is 13.3. The summed E-state index contributed by atoms with van der Waals surface area (Å²) in [6.45, 7) is 4.35. The number of para-hydroxylation sites is 1. The molecule has 2 aromatic carbocycles. The maximum absolute atomic E-state index is 13.2. The van der Waals surface area contributed by atoms with Crippen LogP contribution in [0.25, 0.3) is 0 Å². The van der Waals surface area contributed by atoms with Gasteiger partial charge in [0.1, 0.15) is 18.2 Å². The summed E-state index contributed by atoms with van der Waals surface area (Å²) in [6.07, 6.45) is 1.52. The molecule has 0 saturated carbocycles. The van der Waals surface area contributed by atoms with Gasteiger partial charge >= 0.3 is 0 Å². The van der Waals surface area contributed by atoms with Crippen molar-refractivity contribution in [3.63, 3.8) is 0 Å². The number of carbonyl (C=O) groups excluding carboxylic acids is 1. The van der Waals surface area contributed by atoms with Crippen molar-refractivity contribution in [1.82, 2.24) is 5.43 Å². The van der Waals surface area contributed by atoms with E-state index in [1.165, 1.54) is 18.3 Å². The summed E-state index contributed by atoms with van der Waals surface area (Å²) in [7, 11) is 0. The molecule has 3 aromatic rings. The Morgan fingerprint density at radius 3 is 2.79 bits per heavy atom. The predicted molar refractivity (Wildman–Crippen MR) is 116 cm³/mol. The van der Waals surface area contributed by atoms with Crippen molar-refractivity contribution >= 4 is 35.1 Å². The van der Waals surface area contributed by atoms with Crippen LogP contribution in [0.4, 0.5) is 4.39 Å². The number of thiophene rings is 1. The molecule has 3 rings (SSSR count). The molecular weight excluding hydrogens is 411 g/mol. The molecule has 0 saturated heterocycles. The van der Waals surface area contributed by atoms with Gasteiger partial charge < -0.3 is 4.74 Å². The minimum Gasteiger partial charge on any atom is -0.488 e. The molecule has 1 N–H and O–H groups in total. The van der Waals surface area contributed by atoms with Crippen molar-refractivity contribution in [3.8, 4) is 5.75 Å². The summed E-state index contributed by atoms with van der Waals surface area (Å²) in [5.41, 5.74) is 4.49. The predicted octanol–water partition coefficient (Wildman–Crippen LogP) is 6.01. The molecule has 1 amide bonds. The van der Waals surface area contributed by atoms with E-state index >= 15 is 0 Å². The highest BCUT2D eigenvalue weighted by atomic mass is 35.5. The van der Waals surface area contributed by atoms with Crippen molar-refractivity contribution in [3.05, 3.63) is 86.3 Å². The van der Waals surface area contributed by atoms with Crippen LogP contribution < -0.4 is 10.2 Å². The van der Waals surface area contributed by atoms with Gasteiger partial charge in [-0.15, -0.1) is 11.3 Å². The summed E-state index contributed by atoms with van der Waals surface area (Å²) >= 11 is 7.60. The fourth-order valence-electron chi connectivity index (χ4n) is 2.51. The summed E-state index contributed by atoms with van der Waals surface area (Å²) < 4.78 is 19.0. The molecule has 0 bridgehead atoms. The number of hydrogen-bond donors (Lipinski definition) is 1. The standard InChI is InChI=1S/C22H20ClFN2O2S/c1-14(2)21-9-17(13-29-21)22(27)26-25-11-15-5-3-4-6-20(15)28-12-16-7-8-18(24)10-19(16)23/h3-11,13-14H,12H2,1-2H3,(H,26,27). The molecule has 0 fully saturated rings. The molecule has 0 unspecified atom stereocenters. The minimum atomic E-state index is -0.395. The first kappa shape index (κ1) is 21.0. The summed E-state index contributed by atoms with van der Waals surface area (Å²) in [4.78, 5) is 13.4. The molecule has 4 nitrogen and oxygen atoms in total. The van der Waals surface area contributed by atoms with Crippen LogP contribution in [0.3, 0.4) is 0 Å². The van der Waals surface area contributed by atoms with E-state index in [2.05, 4.69) is 24.4 Å². The van der Waals surface area contributed by atoms with Gasteiger partial charge in [-0.25, -0.2) is 9.82 Å². The summed E-state index contributed by atoms with van der Waals surface area (Å²) in [5.74, 6) is 0.293. The lowest BCUT2D eigenvalue weighted by atomic mass is 10.1. The maximum atomic E-state index is 13.2. The van der Waals surface area contributed by atoms with Gasteiger partial charge in [0.05, 0.1) is 16.8 Å². The van der Waals surface area contributed by atoms with Gasteiger partial charge in [0.25, 0.3) is 5.91 Å². The normalized spacial score (nSPS) is 11.2. The van der Waals surface area contributed by atoms with E-state index in [1.807, 2.05) is 29.6 Å². The van der Waals surface area contributed by atoms with Gasteiger partial charge in [-0.05, 0) is 36.2 Å². The Labute approximate surface area is 178 Å². The van der Waals surface area contributed by atoms with Crippen molar-refractivity contribution in [2.45, 2.75) is 26.4 Å². The number of halogens is 2. The van der Waals surface area contributed by atoms with E-state index in [9.17, 15) is 9.18 Å². The second-order valence-electron chi connectivity index (χ2n) is 6.65. The minimum absolute atomic E-state index is 0.184. The Bertz CT molecular complexity index is 1030. The molecule has 0 radical (unpaired) electrons. The molecule has 1 aromatic heterocycles. The third-order valence-electron chi connectivity index (χ3n) is 4.14. The number of nitrogens with zero attached hydrogens (tertiary/aromatic N) is 1. The van der Waals surface area contributed by atoms with Crippen LogP contribution in [0.1, 0.15) is 46.1 Å². The Hall–Kier alpha value is -2.70.